The van der Waals surface area contributed by atoms with Gasteiger partial charge in [-0.15, -0.1) is 0 Å². The summed E-state index contributed by atoms with van der Waals surface area (Å²) in [5, 5.41) is 0. The van der Waals surface area contributed by atoms with E-state index < -0.39 is 0 Å². The minimum Gasteiger partial charge on any atom is -0.303 e. The van der Waals surface area contributed by atoms with Crippen molar-refractivity contribution < 1.29 is 0 Å². The Morgan fingerprint density at radius 2 is 1.67 bits per heavy atom. The lowest BCUT2D eigenvalue weighted by Crippen LogP contribution is -2.29. The van der Waals surface area contributed by atoms with Crippen LogP contribution in [0.5, 0.6) is 0 Å². The predicted octanol–water partition coefficient (Wildman–Crippen LogP) is 4.08. The van der Waals surface area contributed by atoms with Gasteiger partial charge in [0.15, 0.2) is 0 Å². The first-order chi connectivity index (χ1) is 7.33. The Kier molecular flexibility index (Phi) is 7.08. The summed E-state index contributed by atoms with van der Waals surface area (Å²) in [4.78, 5) is 2.70. The van der Waals surface area contributed by atoms with Crippen LogP contribution >= 0.6 is 0 Å². The van der Waals surface area contributed by atoms with Crippen molar-refractivity contribution in [1.82, 2.24) is 4.90 Å². The number of nitrogens with zero attached hydrogens (tertiary/aromatic N) is 1. The van der Waals surface area contributed by atoms with Gasteiger partial charge in [0.2, 0.25) is 0 Å². The molecule has 1 fully saturated rings. The van der Waals surface area contributed by atoms with Crippen molar-refractivity contribution in [3.8, 4) is 0 Å². The van der Waals surface area contributed by atoms with E-state index in [1.165, 1.54) is 71.0 Å². The van der Waals surface area contributed by atoms with Gasteiger partial charge >= 0.3 is 0 Å². The highest BCUT2D eigenvalue weighted by Gasteiger charge is 2.11. The van der Waals surface area contributed by atoms with Gasteiger partial charge in [-0.1, -0.05) is 46.0 Å². The monoisotopic (exact) mass is 211 g/mol. The van der Waals surface area contributed by atoms with Crippen LogP contribution in [0.1, 0.15) is 65.2 Å². The summed E-state index contributed by atoms with van der Waals surface area (Å²) >= 11 is 0. The second kappa shape index (κ2) is 8.15. The van der Waals surface area contributed by atoms with Gasteiger partial charge in [-0.25, -0.2) is 0 Å². The van der Waals surface area contributed by atoms with E-state index in [9.17, 15) is 0 Å². The molecule has 0 bridgehead atoms. The summed E-state index contributed by atoms with van der Waals surface area (Å²) in [5.74, 6) is 0.912. The minimum atomic E-state index is 0.912. The Morgan fingerprint density at radius 1 is 1.00 bits per heavy atom. The molecule has 0 aromatic carbocycles. The van der Waals surface area contributed by atoms with Crippen LogP contribution in [-0.4, -0.2) is 24.5 Å². The lowest BCUT2D eigenvalue weighted by molar-refractivity contribution is 0.238. The zero-order valence-electron chi connectivity index (χ0n) is 10.8. The Bertz CT molecular complexity index is 136. The molecule has 15 heavy (non-hydrogen) atoms. The van der Waals surface area contributed by atoms with Crippen LogP contribution in [0, 0.1) is 5.92 Å². The molecule has 90 valence electrons. The molecule has 0 N–H and O–H groups in total. The summed E-state index contributed by atoms with van der Waals surface area (Å²) in [6, 6.07) is 0. The Labute approximate surface area is 96.2 Å². The largest absolute Gasteiger partial charge is 0.303 e. The second-order valence-electron chi connectivity index (χ2n) is 5.32. The fraction of sp³-hybridized carbons (Fsp3) is 1.00. The molecule has 0 spiro atoms. The van der Waals surface area contributed by atoms with Crippen molar-refractivity contribution in [2.24, 2.45) is 5.92 Å². The van der Waals surface area contributed by atoms with Gasteiger partial charge in [-0.2, -0.15) is 0 Å². The van der Waals surface area contributed by atoms with Gasteiger partial charge in [0.05, 0.1) is 0 Å². The number of likely N-dealkylation sites (tertiary alicyclic amines) is 1. The van der Waals surface area contributed by atoms with Crippen molar-refractivity contribution >= 4 is 0 Å². The van der Waals surface area contributed by atoms with E-state index in [0.717, 1.165) is 5.92 Å². The maximum absolute atomic E-state index is 2.70. The molecular formula is C14H29N. The highest BCUT2D eigenvalue weighted by Crippen LogP contribution is 2.15. The van der Waals surface area contributed by atoms with Crippen LogP contribution in [0.3, 0.4) is 0 Å². The standard InChI is InChI=1S/C14H29N/c1-3-4-7-10-14(2)13-15-11-8-5-6-9-12-15/h14H,3-13H2,1-2H3. The highest BCUT2D eigenvalue weighted by molar-refractivity contribution is 4.66. The van der Waals surface area contributed by atoms with Gasteiger partial charge in [0.25, 0.3) is 0 Å². The SMILES string of the molecule is CCCCCC(C)CN1CCCCCC1. The van der Waals surface area contributed by atoms with Crippen LogP contribution in [0.4, 0.5) is 0 Å². The molecule has 0 aromatic heterocycles. The third-order valence-electron chi connectivity index (χ3n) is 3.57. The average molecular weight is 211 g/mol. The third-order valence-corrected chi connectivity index (χ3v) is 3.57. The van der Waals surface area contributed by atoms with E-state index in [4.69, 9.17) is 0 Å². The zero-order valence-corrected chi connectivity index (χ0v) is 10.8. The van der Waals surface area contributed by atoms with Crippen LogP contribution in [0.15, 0.2) is 0 Å². The predicted molar refractivity (Wildman–Crippen MR) is 68.2 cm³/mol. The van der Waals surface area contributed by atoms with Crippen LogP contribution in [-0.2, 0) is 0 Å². The summed E-state index contributed by atoms with van der Waals surface area (Å²) < 4.78 is 0. The summed E-state index contributed by atoms with van der Waals surface area (Å²) in [7, 11) is 0. The van der Waals surface area contributed by atoms with Gasteiger partial charge in [-0.05, 0) is 38.3 Å². The molecule has 0 saturated carbocycles. The Balaban J connectivity index is 2.09. The van der Waals surface area contributed by atoms with Crippen molar-refractivity contribution in [2.45, 2.75) is 65.2 Å². The number of rotatable bonds is 6. The molecule has 1 saturated heterocycles. The quantitative estimate of drug-likeness (QED) is 0.598. The Morgan fingerprint density at radius 3 is 2.27 bits per heavy atom. The first-order valence-electron chi connectivity index (χ1n) is 7.05. The van der Waals surface area contributed by atoms with E-state index in [0.29, 0.717) is 0 Å². The molecule has 0 amide bonds. The molecule has 1 nitrogen and oxygen atoms in total. The van der Waals surface area contributed by atoms with Gasteiger partial charge < -0.3 is 4.90 Å². The molecule has 1 atom stereocenters. The first kappa shape index (κ1) is 13.0. The van der Waals surface area contributed by atoms with Crippen molar-refractivity contribution in [1.29, 1.82) is 0 Å². The van der Waals surface area contributed by atoms with E-state index in [1.807, 2.05) is 0 Å². The highest BCUT2D eigenvalue weighted by atomic mass is 15.1. The average Bonchev–Trinajstić information content (AvgIpc) is 2.47. The fourth-order valence-electron chi connectivity index (χ4n) is 2.59. The molecule has 1 rings (SSSR count). The van der Waals surface area contributed by atoms with Crippen molar-refractivity contribution in [3.05, 3.63) is 0 Å². The van der Waals surface area contributed by atoms with E-state index in [2.05, 4.69) is 18.7 Å². The first-order valence-corrected chi connectivity index (χ1v) is 7.05. The number of hydrogen-bond acceptors (Lipinski definition) is 1. The maximum Gasteiger partial charge on any atom is 0.000702 e. The second-order valence-corrected chi connectivity index (χ2v) is 5.32. The smallest absolute Gasteiger partial charge is 0.000702 e. The summed E-state index contributed by atoms with van der Waals surface area (Å²) in [5.41, 5.74) is 0. The summed E-state index contributed by atoms with van der Waals surface area (Å²) in [6.45, 7) is 8.79. The van der Waals surface area contributed by atoms with Gasteiger partial charge in [0, 0.05) is 6.54 Å². The molecule has 0 radical (unpaired) electrons. The molecule has 0 aromatic rings. The van der Waals surface area contributed by atoms with E-state index >= 15 is 0 Å². The zero-order chi connectivity index (χ0) is 10.9. The summed E-state index contributed by atoms with van der Waals surface area (Å²) in [6.07, 6.45) is 11.4. The fourth-order valence-corrected chi connectivity index (χ4v) is 2.59. The van der Waals surface area contributed by atoms with Gasteiger partial charge in [-0.3, -0.25) is 0 Å². The topological polar surface area (TPSA) is 3.24 Å². The number of unbranched alkanes of at least 4 members (excludes halogenated alkanes) is 2. The van der Waals surface area contributed by atoms with E-state index in [1.54, 1.807) is 0 Å². The van der Waals surface area contributed by atoms with Gasteiger partial charge in [0.1, 0.15) is 0 Å². The molecule has 1 unspecified atom stereocenters. The lowest BCUT2D eigenvalue weighted by atomic mass is 10.0. The van der Waals surface area contributed by atoms with Crippen molar-refractivity contribution in [3.63, 3.8) is 0 Å². The molecule has 1 heterocycles. The van der Waals surface area contributed by atoms with E-state index in [-0.39, 0.29) is 0 Å². The van der Waals surface area contributed by atoms with Crippen LogP contribution in [0.25, 0.3) is 0 Å². The number of hydrogen-bond donors (Lipinski definition) is 0. The minimum absolute atomic E-state index is 0.912. The molecule has 0 aliphatic carbocycles. The normalized spacial score (nSPS) is 21.2. The third kappa shape index (κ3) is 6.19. The van der Waals surface area contributed by atoms with Crippen LogP contribution < -0.4 is 0 Å². The maximum atomic E-state index is 2.70. The Hall–Kier alpha value is -0.0400. The molecular weight excluding hydrogens is 182 g/mol. The van der Waals surface area contributed by atoms with Crippen LogP contribution in [0.2, 0.25) is 0 Å². The van der Waals surface area contributed by atoms with Crippen molar-refractivity contribution in [2.75, 3.05) is 19.6 Å². The molecule has 1 aliphatic rings. The molecule has 1 heteroatoms. The lowest BCUT2D eigenvalue weighted by Gasteiger charge is -2.23. The molecule has 1 aliphatic heterocycles.